The first kappa shape index (κ1) is 20.6. The molecule has 27 heavy (non-hydrogen) atoms. The first-order valence-electron chi connectivity index (χ1n) is 8.64. The van der Waals surface area contributed by atoms with E-state index in [0.717, 1.165) is 5.56 Å². The highest BCUT2D eigenvalue weighted by atomic mass is 19.3. The molecule has 0 aliphatic carbocycles. The number of carbonyl (C=O) groups is 1. The largest absolute Gasteiger partial charge is 0.490 e. The SMILES string of the molecule is CCOC(=O)C(F)(F)[C@H](N)c1ccc(OCc2ccccc2)c(OCC)c1. The van der Waals surface area contributed by atoms with E-state index < -0.39 is 17.9 Å². The molecule has 0 bridgehead atoms. The molecule has 2 rings (SSSR count). The van der Waals surface area contributed by atoms with Gasteiger partial charge in [0, 0.05) is 0 Å². The van der Waals surface area contributed by atoms with Crippen molar-refractivity contribution in [3.63, 3.8) is 0 Å². The van der Waals surface area contributed by atoms with Gasteiger partial charge in [0.2, 0.25) is 0 Å². The van der Waals surface area contributed by atoms with Crippen molar-refractivity contribution in [3.8, 4) is 11.5 Å². The Labute approximate surface area is 157 Å². The third-order valence-electron chi connectivity index (χ3n) is 3.80. The van der Waals surface area contributed by atoms with Crippen molar-refractivity contribution in [2.24, 2.45) is 5.73 Å². The van der Waals surface area contributed by atoms with E-state index in [9.17, 15) is 13.6 Å². The summed E-state index contributed by atoms with van der Waals surface area (Å²) in [6, 6.07) is 11.9. The molecule has 0 spiro atoms. The first-order chi connectivity index (χ1) is 12.9. The third kappa shape index (κ3) is 5.17. The van der Waals surface area contributed by atoms with Gasteiger partial charge in [-0.2, -0.15) is 8.78 Å². The predicted molar refractivity (Wildman–Crippen MR) is 96.9 cm³/mol. The van der Waals surface area contributed by atoms with Gasteiger partial charge in [0.05, 0.1) is 13.2 Å². The molecule has 5 nitrogen and oxygen atoms in total. The molecule has 0 amide bonds. The maximum absolute atomic E-state index is 14.2. The number of alkyl halides is 2. The minimum absolute atomic E-state index is 0.0450. The Balaban J connectivity index is 2.21. The Morgan fingerprint density at radius 1 is 1.04 bits per heavy atom. The van der Waals surface area contributed by atoms with E-state index in [0.29, 0.717) is 19.0 Å². The fraction of sp³-hybridized carbons (Fsp3) is 0.350. The highest BCUT2D eigenvalue weighted by molar-refractivity contribution is 5.79. The van der Waals surface area contributed by atoms with E-state index in [2.05, 4.69) is 4.74 Å². The van der Waals surface area contributed by atoms with Crippen LogP contribution in [0.3, 0.4) is 0 Å². The lowest BCUT2D eigenvalue weighted by molar-refractivity contribution is -0.174. The number of halogens is 2. The molecule has 146 valence electrons. The van der Waals surface area contributed by atoms with Crippen LogP contribution in [-0.2, 0) is 16.1 Å². The molecule has 1 atom stereocenters. The Kier molecular flexibility index (Phi) is 7.12. The Morgan fingerprint density at radius 2 is 1.74 bits per heavy atom. The summed E-state index contributed by atoms with van der Waals surface area (Å²) in [6.07, 6.45) is 0. The lowest BCUT2D eigenvalue weighted by Gasteiger charge is -2.23. The van der Waals surface area contributed by atoms with Crippen LogP contribution in [0.2, 0.25) is 0 Å². The van der Waals surface area contributed by atoms with Crippen molar-refractivity contribution in [3.05, 3.63) is 59.7 Å². The summed E-state index contributed by atoms with van der Waals surface area (Å²) >= 11 is 0. The minimum atomic E-state index is -3.86. The second-order valence-corrected chi connectivity index (χ2v) is 5.73. The van der Waals surface area contributed by atoms with Gasteiger partial charge in [0.15, 0.2) is 11.5 Å². The molecular weight excluding hydrogens is 356 g/mol. The maximum Gasteiger partial charge on any atom is 0.379 e. The van der Waals surface area contributed by atoms with Crippen molar-refractivity contribution in [1.29, 1.82) is 0 Å². The van der Waals surface area contributed by atoms with E-state index in [4.69, 9.17) is 15.2 Å². The van der Waals surface area contributed by atoms with Crippen molar-refractivity contribution >= 4 is 5.97 Å². The molecule has 2 aromatic carbocycles. The van der Waals surface area contributed by atoms with Crippen LogP contribution in [0, 0.1) is 0 Å². The van der Waals surface area contributed by atoms with Crippen LogP contribution in [0.5, 0.6) is 11.5 Å². The van der Waals surface area contributed by atoms with Gasteiger partial charge in [-0.05, 0) is 37.1 Å². The average molecular weight is 379 g/mol. The molecule has 0 aliphatic heterocycles. The monoisotopic (exact) mass is 379 g/mol. The van der Waals surface area contributed by atoms with Gasteiger partial charge in [-0.1, -0.05) is 36.4 Å². The average Bonchev–Trinajstić information content (AvgIpc) is 2.67. The van der Waals surface area contributed by atoms with Crippen LogP contribution in [0.1, 0.15) is 31.0 Å². The third-order valence-corrected chi connectivity index (χ3v) is 3.80. The van der Waals surface area contributed by atoms with Crippen LogP contribution in [0.4, 0.5) is 8.78 Å². The topological polar surface area (TPSA) is 70.8 Å². The Morgan fingerprint density at radius 3 is 2.37 bits per heavy atom. The standard InChI is InChI=1S/C20H23F2NO4/c1-3-25-17-12-15(18(23)20(21,22)19(24)26-4-2)10-11-16(17)27-13-14-8-6-5-7-9-14/h5-12,18H,3-4,13,23H2,1-2H3/t18-/m1/s1. The second-order valence-electron chi connectivity index (χ2n) is 5.73. The summed E-state index contributed by atoms with van der Waals surface area (Å²) in [5.41, 5.74) is 6.64. The molecule has 2 N–H and O–H groups in total. The van der Waals surface area contributed by atoms with Gasteiger partial charge in [-0.25, -0.2) is 4.79 Å². The number of rotatable bonds is 9. The van der Waals surface area contributed by atoms with Gasteiger partial charge in [0.1, 0.15) is 12.6 Å². The maximum atomic E-state index is 14.2. The molecule has 0 fully saturated rings. The normalized spacial score (nSPS) is 12.3. The fourth-order valence-electron chi connectivity index (χ4n) is 2.40. The van der Waals surface area contributed by atoms with Crippen LogP contribution >= 0.6 is 0 Å². The molecule has 0 aliphatic rings. The molecular formula is C20H23F2NO4. The van der Waals surface area contributed by atoms with Gasteiger partial charge in [-0.3, -0.25) is 0 Å². The Hall–Kier alpha value is -2.67. The molecule has 0 radical (unpaired) electrons. The smallest absolute Gasteiger partial charge is 0.379 e. The van der Waals surface area contributed by atoms with E-state index in [1.165, 1.54) is 25.1 Å². The first-order valence-corrected chi connectivity index (χ1v) is 8.64. The summed E-state index contributed by atoms with van der Waals surface area (Å²) in [5, 5.41) is 0. The van der Waals surface area contributed by atoms with Crippen LogP contribution in [0.15, 0.2) is 48.5 Å². The summed E-state index contributed by atoms with van der Waals surface area (Å²) < 4.78 is 44.0. The summed E-state index contributed by atoms with van der Waals surface area (Å²) in [4.78, 5) is 11.5. The number of benzene rings is 2. The van der Waals surface area contributed by atoms with E-state index >= 15 is 0 Å². The van der Waals surface area contributed by atoms with Crippen LogP contribution in [0.25, 0.3) is 0 Å². The van der Waals surface area contributed by atoms with Crippen molar-refractivity contribution in [1.82, 2.24) is 0 Å². The summed E-state index contributed by atoms with van der Waals surface area (Å²) in [6.45, 7) is 3.67. The van der Waals surface area contributed by atoms with Gasteiger partial charge in [0.25, 0.3) is 0 Å². The summed E-state index contributed by atoms with van der Waals surface area (Å²) in [5.74, 6) is -4.83. The molecule has 0 aromatic heterocycles. The molecule has 0 saturated carbocycles. The summed E-state index contributed by atoms with van der Waals surface area (Å²) in [7, 11) is 0. The van der Waals surface area contributed by atoms with Crippen molar-refractivity contribution in [2.45, 2.75) is 32.4 Å². The molecule has 0 heterocycles. The van der Waals surface area contributed by atoms with Crippen molar-refractivity contribution in [2.75, 3.05) is 13.2 Å². The lowest BCUT2D eigenvalue weighted by atomic mass is 10.0. The molecule has 2 aromatic rings. The quantitative estimate of drug-likeness (QED) is 0.670. The zero-order valence-electron chi connectivity index (χ0n) is 15.3. The van der Waals surface area contributed by atoms with Crippen molar-refractivity contribution < 1.29 is 27.8 Å². The Bertz CT molecular complexity index is 753. The zero-order valence-corrected chi connectivity index (χ0v) is 15.3. The van der Waals surface area contributed by atoms with E-state index in [1.807, 2.05) is 30.3 Å². The zero-order chi connectivity index (χ0) is 19.9. The predicted octanol–water partition coefficient (Wildman–Crippen LogP) is 3.86. The number of carbonyl (C=O) groups excluding carboxylic acids is 1. The molecule has 0 saturated heterocycles. The van der Waals surface area contributed by atoms with Gasteiger partial charge < -0.3 is 19.9 Å². The van der Waals surface area contributed by atoms with E-state index in [-0.39, 0.29) is 17.9 Å². The van der Waals surface area contributed by atoms with Gasteiger partial charge >= 0.3 is 11.9 Å². The highest BCUT2D eigenvalue weighted by Gasteiger charge is 2.48. The number of esters is 1. The second kappa shape index (κ2) is 9.32. The van der Waals surface area contributed by atoms with Crippen LogP contribution in [-0.4, -0.2) is 25.1 Å². The lowest BCUT2D eigenvalue weighted by Crippen LogP contribution is -2.41. The van der Waals surface area contributed by atoms with E-state index in [1.54, 1.807) is 6.92 Å². The van der Waals surface area contributed by atoms with Crippen LogP contribution < -0.4 is 15.2 Å². The number of nitrogens with two attached hydrogens (primary N) is 1. The number of hydrogen-bond acceptors (Lipinski definition) is 5. The number of hydrogen-bond donors (Lipinski definition) is 1. The molecule has 7 heteroatoms. The fourth-order valence-corrected chi connectivity index (χ4v) is 2.40. The number of ether oxygens (including phenoxy) is 3. The molecule has 0 unspecified atom stereocenters. The minimum Gasteiger partial charge on any atom is -0.490 e. The van der Waals surface area contributed by atoms with Gasteiger partial charge in [-0.15, -0.1) is 0 Å². The highest BCUT2D eigenvalue weighted by Crippen LogP contribution is 2.36.